The predicted molar refractivity (Wildman–Crippen MR) is 111 cm³/mol. The lowest BCUT2D eigenvalue weighted by Gasteiger charge is -2.11. The van der Waals surface area contributed by atoms with Crippen LogP contribution in [0.25, 0.3) is 22.0 Å². The number of carboxylic acids is 1. The van der Waals surface area contributed by atoms with Crippen molar-refractivity contribution in [1.29, 1.82) is 0 Å². The molecule has 0 radical (unpaired) electrons. The topological polar surface area (TPSA) is 70.9 Å². The Kier molecular flexibility index (Phi) is 4.70. The van der Waals surface area contributed by atoms with Crippen molar-refractivity contribution in [3.8, 4) is 11.1 Å². The summed E-state index contributed by atoms with van der Waals surface area (Å²) in [6.07, 6.45) is 4.34. The van der Waals surface area contributed by atoms with Crippen molar-refractivity contribution in [2.75, 3.05) is 0 Å². The third kappa shape index (κ3) is 3.20. The highest BCUT2D eigenvalue weighted by Gasteiger charge is 2.23. The number of halogens is 1. The van der Waals surface area contributed by atoms with Crippen LogP contribution in [0.5, 0.6) is 0 Å². The molecule has 6 heteroatoms. The Morgan fingerprint density at radius 1 is 1.31 bits per heavy atom. The van der Waals surface area contributed by atoms with E-state index in [0.29, 0.717) is 23.1 Å². The number of rotatable bonds is 5. The number of benzene rings is 2. The van der Waals surface area contributed by atoms with Crippen molar-refractivity contribution in [2.24, 2.45) is 7.05 Å². The lowest BCUT2D eigenvalue weighted by atomic mass is 9.92. The second-order valence-corrected chi connectivity index (χ2v) is 7.28. The molecule has 0 aliphatic heterocycles. The Balaban J connectivity index is 1.95. The number of nitrogens with zero attached hydrogens (tertiary/aromatic N) is 2. The van der Waals surface area contributed by atoms with Crippen LogP contribution in [0.2, 0.25) is 0 Å². The molecule has 1 atom stereocenters. The van der Waals surface area contributed by atoms with Crippen molar-refractivity contribution in [3.05, 3.63) is 77.0 Å². The number of hydrogen-bond donors (Lipinski definition) is 2. The second kappa shape index (κ2) is 7.20. The van der Waals surface area contributed by atoms with E-state index in [-0.39, 0.29) is 17.4 Å². The van der Waals surface area contributed by atoms with Gasteiger partial charge < -0.3 is 10.1 Å². The third-order valence-corrected chi connectivity index (χ3v) is 5.49. The summed E-state index contributed by atoms with van der Waals surface area (Å²) in [5.41, 5.74) is 4.48. The van der Waals surface area contributed by atoms with Crippen molar-refractivity contribution in [3.63, 3.8) is 0 Å². The smallest absolute Gasteiger partial charge is 0.352 e. The molecule has 1 unspecified atom stereocenters. The van der Waals surface area contributed by atoms with E-state index in [2.05, 4.69) is 17.0 Å². The van der Waals surface area contributed by atoms with E-state index < -0.39 is 5.97 Å². The standard InChI is InChI=1S/C23H22FN3O2/c1-4-14-8-9-15(10-19(14)24)20-18-7-5-6-17(21(18)26-22(20)23(28)29)13(2)16-11-25-27(3)12-16/h5-13,26H,4H2,1-3H3,(H,28,29). The molecule has 5 nitrogen and oxygen atoms in total. The Morgan fingerprint density at radius 3 is 2.72 bits per heavy atom. The third-order valence-electron chi connectivity index (χ3n) is 5.49. The summed E-state index contributed by atoms with van der Waals surface area (Å²) in [5, 5.41) is 14.8. The maximum atomic E-state index is 14.4. The van der Waals surface area contributed by atoms with Gasteiger partial charge in [-0.1, -0.05) is 44.2 Å². The van der Waals surface area contributed by atoms with E-state index >= 15 is 0 Å². The average Bonchev–Trinajstić information content (AvgIpc) is 3.31. The Hall–Kier alpha value is -3.41. The van der Waals surface area contributed by atoms with Crippen molar-refractivity contribution >= 4 is 16.9 Å². The maximum Gasteiger partial charge on any atom is 0.352 e. The first kappa shape index (κ1) is 18.9. The van der Waals surface area contributed by atoms with Crippen LogP contribution in [-0.2, 0) is 13.5 Å². The molecule has 0 saturated carbocycles. The van der Waals surface area contributed by atoms with Crippen LogP contribution >= 0.6 is 0 Å². The number of fused-ring (bicyclic) bond motifs is 1. The van der Waals surface area contributed by atoms with Crippen LogP contribution in [0, 0.1) is 5.82 Å². The van der Waals surface area contributed by atoms with Gasteiger partial charge in [0.2, 0.25) is 0 Å². The largest absolute Gasteiger partial charge is 0.477 e. The molecular formula is C23H22FN3O2. The highest BCUT2D eigenvalue weighted by molar-refractivity contribution is 6.08. The average molecular weight is 391 g/mol. The van der Waals surface area contributed by atoms with Gasteiger partial charge in [0.15, 0.2) is 0 Å². The van der Waals surface area contributed by atoms with Crippen LogP contribution < -0.4 is 0 Å². The van der Waals surface area contributed by atoms with Crippen LogP contribution in [0.3, 0.4) is 0 Å². The fourth-order valence-electron chi connectivity index (χ4n) is 3.89. The number of aromatic nitrogens is 3. The number of carboxylic acid groups (broad SMARTS) is 1. The lowest BCUT2D eigenvalue weighted by molar-refractivity contribution is 0.0692. The zero-order valence-electron chi connectivity index (χ0n) is 16.5. The number of aromatic amines is 1. The second-order valence-electron chi connectivity index (χ2n) is 7.28. The van der Waals surface area contributed by atoms with Gasteiger partial charge in [-0.15, -0.1) is 0 Å². The number of para-hydroxylation sites is 1. The first-order valence-corrected chi connectivity index (χ1v) is 9.56. The van der Waals surface area contributed by atoms with E-state index in [9.17, 15) is 14.3 Å². The highest BCUT2D eigenvalue weighted by atomic mass is 19.1. The molecule has 148 valence electrons. The maximum absolute atomic E-state index is 14.4. The molecule has 4 aromatic rings. The quantitative estimate of drug-likeness (QED) is 0.496. The number of carbonyl (C=O) groups is 1. The van der Waals surface area contributed by atoms with Gasteiger partial charge in [0.25, 0.3) is 0 Å². The Bertz CT molecular complexity index is 1220. The van der Waals surface area contributed by atoms with Gasteiger partial charge in [0.1, 0.15) is 11.5 Å². The van der Waals surface area contributed by atoms with Crippen LogP contribution in [0.15, 0.2) is 48.8 Å². The minimum atomic E-state index is -1.07. The first-order valence-electron chi connectivity index (χ1n) is 9.56. The summed E-state index contributed by atoms with van der Waals surface area (Å²) in [4.78, 5) is 15.1. The summed E-state index contributed by atoms with van der Waals surface area (Å²) in [6.45, 7) is 3.95. The van der Waals surface area contributed by atoms with E-state index in [4.69, 9.17) is 0 Å². The van der Waals surface area contributed by atoms with Gasteiger partial charge in [0.05, 0.1) is 11.7 Å². The van der Waals surface area contributed by atoms with Crippen LogP contribution in [0.1, 0.15) is 46.9 Å². The molecule has 0 aliphatic rings. The molecule has 2 aromatic heterocycles. The number of nitrogens with one attached hydrogen (secondary N) is 1. The first-order chi connectivity index (χ1) is 13.9. The molecule has 2 aromatic carbocycles. The van der Waals surface area contributed by atoms with Gasteiger partial charge in [-0.05, 0) is 34.7 Å². The summed E-state index contributed by atoms with van der Waals surface area (Å²) in [5.74, 6) is -1.38. The molecule has 0 bridgehead atoms. The highest BCUT2D eigenvalue weighted by Crippen LogP contribution is 2.38. The minimum Gasteiger partial charge on any atom is -0.477 e. The van der Waals surface area contributed by atoms with Gasteiger partial charge in [-0.3, -0.25) is 4.68 Å². The minimum absolute atomic E-state index is 0.0137. The molecule has 0 fully saturated rings. The number of aromatic carboxylic acids is 1. The lowest BCUT2D eigenvalue weighted by Crippen LogP contribution is -2.00. The van der Waals surface area contributed by atoms with E-state index in [1.807, 2.05) is 44.6 Å². The summed E-state index contributed by atoms with van der Waals surface area (Å²) in [6, 6.07) is 10.7. The van der Waals surface area contributed by atoms with Gasteiger partial charge in [-0.25, -0.2) is 9.18 Å². The fraction of sp³-hybridized carbons (Fsp3) is 0.217. The van der Waals surface area contributed by atoms with Gasteiger partial charge in [0, 0.05) is 30.1 Å². The Morgan fingerprint density at radius 2 is 2.10 bits per heavy atom. The SMILES string of the molecule is CCc1ccc(-c2c(C(=O)O)[nH]c3c(C(C)c4cnn(C)c4)cccc23)cc1F. The van der Waals surface area contributed by atoms with Gasteiger partial charge >= 0.3 is 5.97 Å². The predicted octanol–water partition coefficient (Wildman–Crippen LogP) is 5.12. The molecule has 29 heavy (non-hydrogen) atoms. The monoisotopic (exact) mass is 391 g/mol. The zero-order valence-corrected chi connectivity index (χ0v) is 16.5. The fourth-order valence-corrected chi connectivity index (χ4v) is 3.89. The van der Waals surface area contributed by atoms with Gasteiger partial charge in [-0.2, -0.15) is 5.10 Å². The van der Waals surface area contributed by atoms with E-state index in [1.54, 1.807) is 16.8 Å². The summed E-state index contributed by atoms with van der Waals surface area (Å²) < 4.78 is 16.2. The normalized spacial score (nSPS) is 12.4. The number of H-pyrrole nitrogens is 1. The van der Waals surface area contributed by atoms with Crippen molar-refractivity contribution < 1.29 is 14.3 Å². The summed E-state index contributed by atoms with van der Waals surface area (Å²) >= 11 is 0. The molecule has 4 rings (SSSR count). The molecule has 0 saturated heterocycles. The van der Waals surface area contributed by atoms with Crippen LogP contribution in [-0.4, -0.2) is 25.8 Å². The van der Waals surface area contributed by atoms with Crippen molar-refractivity contribution in [1.82, 2.24) is 14.8 Å². The molecule has 0 aliphatic carbocycles. The number of hydrogen-bond acceptors (Lipinski definition) is 2. The van der Waals surface area contributed by atoms with Crippen LogP contribution in [0.4, 0.5) is 4.39 Å². The number of aryl methyl sites for hydroxylation is 2. The molecule has 2 N–H and O–H groups in total. The van der Waals surface area contributed by atoms with Crippen molar-refractivity contribution in [2.45, 2.75) is 26.2 Å². The molecular weight excluding hydrogens is 369 g/mol. The summed E-state index contributed by atoms with van der Waals surface area (Å²) in [7, 11) is 1.86. The Labute approximate surface area is 167 Å². The van der Waals surface area contributed by atoms with E-state index in [1.165, 1.54) is 6.07 Å². The zero-order chi connectivity index (χ0) is 20.7. The molecule has 0 spiro atoms. The molecule has 0 amide bonds. The molecule has 2 heterocycles. The van der Waals surface area contributed by atoms with E-state index in [0.717, 1.165) is 22.0 Å².